The molecule has 1 aromatic rings. The van der Waals surface area contributed by atoms with Crippen molar-refractivity contribution in [2.45, 2.75) is 25.7 Å². The first kappa shape index (κ1) is 9.97. The van der Waals surface area contributed by atoms with Gasteiger partial charge in [-0.05, 0) is 37.9 Å². The standard InChI is InChI=1S/C13H17NO2/c1-9-5-11(10-3-2-4-14-7-10)13-12(6-9)15-8-16-13/h5-6,10,14H,2-4,7-8H2,1H3. The molecule has 0 radical (unpaired) electrons. The Bertz CT molecular complexity index is 397. The molecule has 1 atom stereocenters. The third-order valence-electron chi connectivity index (χ3n) is 3.38. The zero-order valence-corrected chi connectivity index (χ0v) is 9.58. The third-order valence-corrected chi connectivity index (χ3v) is 3.38. The molecule has 1 saturated heterocycles. The van der Waals surface area contributed by atoms with E-state index in [2.05, 4.69) is 24.4 Å². The lowest BCUT2D eigenvalue weighted by Gasteiger charge is -2.24. The van der Waals surface area contributed by atoms with Crippen molar-refractivity contribution in [1.82, 2.24) is 5.32 Å². The number of piperidine rings is 1. The second-order valence-electron chi connectivity index (χ2n) is 4.63. The van der Waals surface area contributed by atoms with Crippen LogP contribution in [0.3, 0.4) is 0 Å². The SMILES string of the molecule is Cc1cc2c(c(C3CCCNC3)c1)OCO2. The van der Waals surface area contributed by atoms with Gasteiger partial charge in [-0.2, -0.15) is 0 Å². The Hall–Kier alpha value is -1.22. The number of fused-ring (bicyclic) bond motifs is 1. The van der Waals surface area contributed by atoms with E-state index in [0.29, 0.717) is 12.7 Å². The summed E-state index contributed by atoms with van der Waals surface area (Å²) in [6, 6.07) is 4.30. The predicted octanol–water partition coefficient (Wildman–Crippen LogP) is 2.19. The number of nitrogens with one attached hydrogen (secondary N) is 1. The lowest BCUT2D eigenvalue weighted by molar-refractivity contribution is 0.172. The van der Waals surface area contributed by atoms with Gasteiger partial charge in [-0.3, -0.25) is 0 Å². The van der Waals surface area contributed by atoms with E-state index in [1.54, 1.807) is 0 Å². The summed E-state index contributed by atoms with van der Waals surface area (Å²) < 4.78 is 11.1. The summed E-state index contributed by atoms with van der Waals surface area (Å²) in [4.78, 5) is 0. The van der Waals surface area contributed by atoms with Gasteiger partial charge in [0.2, 0.25) is 6.79 Å². The molecule has 0 aromatic heterocycles. The maximum absolute atomic E-state index is 5.59. The zero-order chi connectivity index (χ0) is 11.0. The van der Waals surface area contributed by atoms with Crippen molar-refractivity contribution < 1.29 is 9.47 Å². The molecule has 2 heterocycles. The molecule has 3 rings (SSSR count). The van der Waals surface area contributed by atoms with Gasteiger partial charge in [0.1, 0.15) is 0 Å². The lowest BCUT2D eigenvalue weighted by Crippen LogP contribution is -2.28. The first-order valence-corrected chi connectivity index (χ1v) is 5.95. The maximum atomic E-state index is 5.59. The molecule has 0 aliphatic carbocycles. The molecule has 2 aliphatic rings. The Kier molecular flexibility index (Phi) is 2.48. The quantitative estimate of drug-likeness (QED) is 0.785. The largest absolute Gasteiger partial charge is 0.454 e. The molecule has 0 saturated carbocycles. The average Bonchev–Trinajstić information content (AvgIpc) is 2.77. The monoisotopic (exact) mass is 219 g/mol. The van der Waals surface area contributed by atoms with Crippen LogP contribution in [0.5, 0.6) is 11.5 Å². The Labute approximate surface area is 95.8 Å². The average molecular weight is 219 g/mol. The van der Waals surface area contributed by atoms with Crippen molar-refractivity contribution in [3.63, 3.8) is 0 Å². The van der Waals surface area contributed by atoms with Crippen molar-refractivity contribution in [2.24, 2.45) is 0 Å². The number of benzene rings is 1. The van der Waals surface area contributed by atoms with Crippen molar-refractivity contribution in [1.29, 1.82) is 0 Å². The second-order valence-corrected chi connectivity index (χ2v) is 4.63. The van der Waals surface area contributed by atoms with Gasteiger partial charge < -0.3 is 14.8 Å². The fraction of sp³-hybridized carbons (Fsp3) is 0.538. The van der Waals surface area contributed by atoms with E-state index in [-0.39, 0.29) is 0 Å². The van der Waals surface area contributed by atoms with E-state index in [0.717, 1.165) is 24.6 Å². The second kappa shape index (κ2) is 3.98. The molecule has 1 N–H and O–H groups in total. The number of ether oxygens (including phenoxy) is 2. The summed E-state index contributed by atoms with van der Waals surface area (Å²) in [5, 5.41) is 3.45. The minimum atomic E-state index is 0.367. The fourth-order valence-corrected chi connectivity index (χ4v) is 2.60. The minimum Gasteiger partial charge on any atom is -0.454 e. The molecule has 1 fully saturated rings. The van der Waals surface area contributed by atoms with Crippen LogP contribution in [-0.4, -0.2) is 19.9 Å². The number of aryl methyl sites for hydroxylation is 1. The first-order valence-electron chi connectivity index (χ1n) is 5.95. The van der Waals surface area contributed by atoms with E-state index >= 15 is 0 Å². The normalized spacial score (nSPS) is 23.4. The summed E-state index contributed by atoms with van der Waals surface area (Å²) in [5.74, 6) is 2.46. The third kappa shape index (κ3) is 1.65. The molecule has 0 bridgehead atoms. The maximum Gasteiger partial charge on any atom is 0.231 e. The molecule has 0 amide bonds. The van der Waals surface area contributed by atoms with Crippen LogP contribution in [0.2, 0.25) is 0 Å². The van der Waals surface area contributed by atoms with Crippen LogP contribution in [0.25, 0.3) is 0 Å². The van der Waals surface area contributed by atoms with Crippen LogP contribution in [0.4, 0.5) is 0 Å². The van der Waals surface area contributed by atoms with E-state index in [4.69, 9.17) is 9.47 Å². The van der Waals surface area contributed by atoms with Crippen LogP contribution in [0.15, 0.2) is 12.1 Å². The molecule has 3 nitrogen and oxygen atoms in total. The number of rotatable bonds is 1. The Morgan fingerprint density at radius 2 is 2.25 bits per heavy atom. The van der Waals surface area contributed by atoms with Crippen molar-refractivity contribution >= 4 is 0 Å². The molecule has 0 spiro atoms. The molecule has 1 aromatic carbocycles. The van der Waals surface area contributed by atoms with E-state index in [1.807, 2.05) is 0 Å². The van der Waals surface area contributed by atoms with Crippen LogP contribution >= 0.6 is 0 Å². The fourth-order valence-electron chi connectivity index (χ4n) is 2.60. The molecule has 1 unspecified atom stereocenters. The van der Waals surface area contributed by atoms with E-state index in [9.17, 15) is 0 Å². The van der Waals surface area contributed by atoms with Gasteiger partial charge in [-0.1, -0.05) is 6.07 Å². The van der Waals surface area contributed by atoms with Gasteiger partial charge in [-0.25, -0.2) is 0 Å². The predicted molar refractivity (Wildman–Crippen MR) is 62.1 cm³/mol. The number of hydrogen-bond donors (Lipinski definition) is 1. The molecule has 86 valence electrons. The van der Waals surface area contributed by atoms with Gasteiger partial charge >= 0.3 is 0 Å². The smallest absolute Gasteiger partial charge is 0.231 e. The summed E-state index contributed by atoms with van der Waals surface area (Å²) in [5.41, 5.74) is 2.57. The highest BCUT2D eigenvalue weighted by molar-refractivity contribution is 5.52. The van der Waals surface area contributed by atoms with Gasteiger partial charge in [-0.15, -0.1) is 0 Å². The van der Waals surface area contributed by atoms with Gasteiger partial charge in [0.05, 0.1) is 0 Å². The van der Waals surface area contributed by atoms with Gasteiger partial charge in [0.15, 0.2) is 11.5 Å². The van der Waals surface area contributed by atoms with Gasteiger partial charge in [0, 0.05) is 18.0 Å². The van der Waals surface area contributed by atoms with Crippen molar-refractivity contribution in [3.8, 4) is 11.5 Å². The zero-order valence-electron chi connectivity index (χ0n) is 9.58. The van der Waals surface area contributed by atoms with Crippen LogP contribution in [0.1, 0.15) is 29.9 Å². The molecule has 16 heavy (non-hydrogen) atoms. The Balaban J connectivity index is 1.99. The van der Waals surface area contributed by atoms with Crippen LogP contribution in [0, 0.1) is 6.92 Å². The van der Waals surface area contributed by atoms with Crippen molar-refractivity contribution in [2.75, 3.05) is 19.9 Å². The Morgan fingerprint density at radius 3 is 3.06 bits per heavy atom. The molecular weight excluding hydrogens is 202 g/mol. The topological polar surface area (TPSA) is 30.5 Å². The lowest BCUT2D eigenvalue weighted by atomic mass is 9.90. The van der Waals surface area contributed by atoms with Crippen LogP contribution < -0.4 is 14.8 Å². The summed E-state index contributed by atoms with van der Waals surface area (Å²) >= 11 is 0. The summed E-state index contributed by atoms with van der Waals surface area (Å²) in [6.45, 7) is 4.68. The molecular formula is C13H17NO2. The van der Waals surface area contributed by atoms with E-state index in [1.165, 1.54) is 24.0 Å². The minimum absolute atomic E-state index is 0.367. The summed E-state index contributed by atoms with van der Waals surface area (Å²) in [7, 11) is 0. The van der Waals surface area contributed by atoms with E-state index < -0.39 is 0 Å². The van der Waals surface area contributed by atoms with Crippen molar-refractivity contribution in [3.05, 3.63) is 23.3 Å². The highest BCUT2D eigenvalue weighted by Crippen LogP contribution is 2.41. The highest BCUT2D eigenvalue weighted by Gasteiger charge is 2.25. The number of hydrogen-bond acceptors (Lipinski definition) is 3. The van der Waals surface area contributed by atoms with Gasteiger partial charge in [0.25, 0.3) is 0 Å². The highest BCUT2D eigenvalue weighted by atomic mass is 16.7. The Morgan fingerprint density at radius 1 is 1.31 bits per heavy atom. The summed E-state index contributed by atoms with van der Waals surface area (Å²) in [6.07, 6.45) is 2.49. The van der Waals surface area contributed by atoms with Crippen LogP contribution in [-0.2, 0) is 0 Å². The molecule has 2 aliphatic heterocycles. The first-order chi connectivity index (χ1) is 7.84. The molecule has 3 heteroatoms.